The first kappa shape index (κ1) is 58.7. The number of phosphoric acid groups is 1. The van der Waals surface area contributed by atoms with Crippen molar-refractivity contribution in [1.82, 2.24) is 0 Å². The van der Waals surface area contributed by atoms with Crippen LogP contribution in [0.4, 0.5) is 0 Å². The molecule has 0 radical (unpaired) electrons. The van der Waals surface area contributed by atoms with Gasteiger partial charge in [0.05, 0.1) is 19.8 Å². The fourth-order valence-corrected chi connectivity index (χ4v) is 7.35. The van der Waals surface area contributed by atoms with Crippen LogP contribution in [0.15, 0.2) is 60.8 Å². The maximum absolute atomic E-state index is 12.7. The van der Waals surface area contributed by atoms with E-state index < -0.39 is 45.1 Å². The van der Waals surface area contributed by atoms with Crippen molar-refractivity contribution in [3.05, 3.63) is 60.8 Å². The molecule has 0 aromatic rings. The molecule has 0 bridgehead atoms. The molecule has 354 valence electrons. The summed E-state index contributed by atoms with van der Waals surface area (Å²) in [4.78, 5) is 33.6. The predicted octanol–water partition coefficient (Wildman–Crippen LogP) is 14.0. The van der Waals surface area contributed by atoms with Gasteiger partial charge in [0.2, 0.25) is 0 Å². The molecule has 10 nitrogen and oxygen atoms in total. The van der Waals surface area contributed by atoms with Crippen molar-refractivity contribution in [2.24, 2.45) is 5.73 Å². The Balaban J connectivity index is 4.19. The lowest BCUT2D eigenvalue weighted by Crippen LogP contribution is -2.34. The van der Waals surface area contributed by atoms with Crippen LogP contribution in [-0.4, -0.2) is 60.5 Å². The molecule has 0 saturated heterocycles. The molecule has 0 aromatic carbocycles. The zero-order chi connectivity index (χ0) is 44.8. The molecule has 0 fully saturated rings. The van der Waals surface area contributed by atoms with E-state index in [0.717, 1.165) is 77.0 Å². The molecular formula is C50H90NO9P. The van der Waals surface area contributed by atoms with Crippen molar-refractivity contribution in [2.75, 3.05) is 26.4 Å². The van der Waals surface area contributed by atoms with Crippen LogP contribution in [-0.2, 0) is 32.7 Å². The first-order chi connectivity index (χ1) is 29.7. The Hall–Kier alpha value is -2.33. The zero-order valence-corrected chi connectivity index (χ0v) is 39.6. The Kier molecular flexibility index (Phi) is 43.9. The highest BCUT2D eigenvalue weighted by Gasteiger charge is 2.27. The van der Waals surface area contributed by atoms with Crippen LogP contribution in [0.2, 0.25) is 0 Å². The van der Waals surface area contributed by atoms with E-state index in [2.05, 4.69) is 74.6 Å². The summed E-state index contributed by atoms with van der Waals surface area (Å²) in [6, 6.07) is -1.48. The second kappa shape index (κ2) is 45.7. The Morgan fingerprint density at radius 1 is 0.541 bits per heavy atom. The highest BCUT2D eigenvalue weighted by molar-refractivity contribution is 7.47. The van der Waals surface area contributed by atoms with Crippen LogP contribution in [0, 0.1) is 0 Å². The van der Waals surface area contributed by atoms with Crippen LogP contribution in [0.25, 0.3) is 0 Å². The maximum atomic E-state index is 12.7. The van der Waals surface area contributed by atoms with Gasteiger partial charge in [-0.3, -0.25) is 18.6 Å². The van der Waals surface area contributed by atoms with Gasteiger partial charge in [0.15, 0.2) is 0 Å². The lowest BCUT2D eigenvalue weighted by Gasteiger charge is -2.20. The van der Waals surface area contributed by atoms with Crippen molar-refractivity contribution in [3.8, 4) is 0 Å². The average molecular weight is 880 g/mol. The van der Waals surface area contributed by atoms with E-state index in [9.17, 15) is 19.0 Å². The minimum absolute atomic E-state index is 0.0126. The molecule has 0 aliphatic heterocycles. The van der Waals surface area contributed by atoms with E-state index in [1.54, 1.807) is 0 Å². The molecule has 0 amide bonds. The molecule has 0 spiro atoms. The highest BCUT2D eigenvalue weighted by atomic mass is 31.2. The zero-order valence-electron chi connectivity index (χ0n) is 38.7. The van der Waals surface area contributed by atoms with Crippen LogP contribution in [0.3, 0.4) is 0 Å². The molecule has 0 aromatic heterocycles. The number of carboxylic acids is 1. The monoisotopic (exact) mass is 880 g/mol. The van der Waals surface area contributed by atoms with Gasteiger partial charge in [-0.15, -0.1) is 0 Å². The predicted molar refractivity (Wildman–Crippen MR) is 254 cm³/mol. The summed E-state index contributed by atoms with van der Waals surface area (Å²) in [7, 11) is -4.62. The van der Waals surface area contributed by atoms with Crippen LogP contribution < -0.4 is 5.73 Å². The molecule has 0 aliphatic carbocycles. The Morgan fingerprint density at radius 3 is 1.43 bits per heavy atom. The van der Waals surface area contributed by atoms with Gasteiger partial charge >= 0.3 is 19.8 Å². The van der Waals surface area contributed by atoms with E-state index in [1.807, 2.05) is 0 Å². The summed E-state index contributed by atoms with van der Waals surface area (Å²) in [6.07, 6.45) is 55.5. The second-order valence-electron chi connectivity index (χ2n) is 16.2. The number of carboxylic acid groups (broad SMARTS) is 1. The van der Waals surface area contributed by atoms with E-state index in [4.69, 9.17) is 29.4 Å². The van der Waals surface area contributed by atoms with Crippen molar-refractivity contribution in [3.63, 3.8) is 0 Å². The lowest BCUT2D eigenvalue weighted by atomic mass is 10.0. The van der Waals surface area contributed by atoms with Crippen LogP contribution in [0.5, 0.6) is 0 Å². The molecule has 0 heterocycles. The highest BCUT2D eigenvalue weighted by Crippen LogP contribution is 2.43. The van der Waals surface area contributed by atoms with Gasteiger partial charge in [-0.05, 0) is 57.8 Å². The summed E-state index contributed by atoms with van der Waals surface area (Å²) in [5, 5.41) is 8.92. The van der Waals surface area contributed by atoms with E-state index in [0.29, 0.717) is 13.0 Å². The number of allylic oxidation sites excluding steroid dienone is 10. The number of hydrogen-bond acceptors (Lipinski definition) is 8. The van der Waals surface area contributed by atoms with Gasteiger partial charge in [0, 0.05) is 13.0 Å². The minimum Gasteiger partial charge on any atom is -0.480 e. The second-order valence-corrected chi connectivity index (χ2v) is 17.7. The smallest absolute Gasteiger partial charge is 0.472 e. The number of unbranched alkanes of at least 4 members (excludes halogenated alkanes) is 22. The molecule has 0 aliphatic rings. The van der Waals surface area contributed by atoms with Gasteiger partial charge < -0.3 is 25.2 Å². The minimum atomic E-state index is -4.62. The summed E-state index contributed by atoms with van der Waals surface area (Å²) in [6.45, 7) is 3.78. The molecule has 11 heteroatoms. The molecule has 61 heavy (non-hydrogen) atoms. The van der Waals surface area contributed by atoms with Crippen molar-refractivity contribution in [2.45, 2.75) is 219 Å². The average Bonchev–Trinajstić information content (AvgIpc) is 3.24. The number of aliphatic carboxylic acids is 1. The van der Waals surface area contributed by atoms with Crippen LogP contribution in [0.1, 0.15) is 206 Å². The first-order valence-electron chi connectivity index (χ1n) is 24.3. The fraction of sp³-hybridized carbons (Fsp3) is 0.760. The topological polar surface area (TPSA) is 155 Å². The van der Waals surface area contributed by atoms with E-state index in [-0.39, 0.29) is 13.0 Å². The van der Waals surface area contributed by atoms with E-state index in [1.165, 1.54) is 103 Å². The van der Waals surface area contributed by atoms with Crippen molar-refractivity contribution >= 4 is 19.8 Å². The molecule has 4 N–H and O–H groups in total. The molecular weight excluding hydrogens is 790 g/mol. The maximum Gasteiger partial charge on any atom is 0.472 e. The third kappa shape index (κ3) is 45.5. The van der Waals surface area contributed by atoms with Gasteiger partial charge in [-0.25, -0.2) is 4.57 Å². The third-order valence-electron chi connectivity index (χ3n) is 10.3. The fourth-order valence-electron chi connectivity index (χ4n) is 6.57. The number of rotatable bonds is 46. The quantitative estimate of drug-likeness (QED) is 0.0233. The standard InChI is InChI=1S/C50H90NO9P/c1-3-5-7-9-11-13-15-17-19-21-22-23-24-25-26-27-28-30-32-34-36-38-40-42-49(52)60-47(45-58-61(55,56)59-46-48(51)50(53)54)44-57-43-41-39-37-35-33-31-29-20-18-16-14-12-10-8-6-4-2/h5,7,11,13,17,19,22-23,25-26,47-48H,3-4,6,8-10,12,14-16,18,20-21,24,27-46,51H2,1-2H3,(H,53,54)(H,55,56)/b7-5-,13-11-,19-17-,23-22-,26-25-. The van der Waals surface area contributed by atoms with Gasteiger partial charge in [-0.1, -0.05) is 203 Å². The summed E-state index contributed by atoms with van der Waals surface area (Å²) < 4.78 is 33.5. The van der Waals surface area contributed by atoms with E-state index >= 15 is 0 Å². The van der Waals surface area contributed by atoms with Crippen LogP contribution >= 0.6 is 7.82 Å². The number of esters is 1. The summed E-state index contributed by atoms with van der Waals surface area (Å²) in [5.74, 6) is -1.79. The molecule has 3 atom stereocenters. The number of carbonyl (C=O) groups excluding carboxylic acids is 1. The first-order valence-corrected chi connectivity index (χ1v) is 25.8. The summed E-state index contributed by atoms with van der Waals surface area (Å²) in [5.41, 5.74) is 5.37. The molecule has 3 unspecified atom stereocenters. The number of phosphoric ester groups is 1. The van der Waals surface area contributed by atoms with Gasteiger partial charge in [0.25, 0.3) is 0 Å². The SMILES string of the molecule is CC/C=C\C/C=C\C/C=C\C/C=C\C/C=C\CCCCCCCCCC(=O)OC(COCCCCCCCCCCCCCCCCCC)COP(=O)(O)OCC(N)C(=O)O. The Bertz CT molecular complexity index is 1200. The molecule has 0 rings (SSSR count). The van der Waals surface area contributed by atoms with Crippen molar-refractivity contribution < 1.29 is 42.7 Å². The molecule has 0 saturated carbocycles. The number of nitrogens with two attached hydrogens (primary N) is 1. The van der Waals surface area contributed by atoms with Gasteiger partial charge in [-0.2, -0.15) is 0 Å². The number of ether oxygens (including phenoxy) is 2. The van der Waals surface area contributed by atoms with Crippen molar-refractivity contribution in [1.29, 1.82) is 0 Å². The largest absolute Gasteiger partial charge is 0.480 e. The summed E-state index contributed by atoms with van der Waals surface area (Å²) >= 11 is 0. The lowest BCUT2D eigenvalue weighted by molar-refractivity contribution is -0.154. The third-order valence-corrected chi connectivity index (χ3v) is 11.3. The van der Waals surface area contributed by atoms with Gasteiger partial charge in [0.1, 0.15) is 12.1 Å². The Labute approximate surface area is 372 Å². The Morgan fingerprint density at radius 2 is 0.951 bits per heavy atom. The number of hydrogen-bond donors (Lipinski definition) is 3. The normalized spacial score (nSPS) is 14.3. The number of carbonyl (C=O) groups is 2.